The molecule has 2 aromatic rings. The highest BCUT2D eigenvalue weighted by molar-refractivity contribution is 5.77. The third-order valence-corrected chi connectivity index (χ3v) is 2.74. The van der Waals surface area contributed by atoms with Gasteiger partial charge >= 0.3 is 6.18 Å². The molecular weight excluding hydrogens is 245 g/mol. The zero-order valence-electron chi connectivity index (χ0n) is 9.83. The first-order valence-corrected chi connectivity index (χ1v) is 5.64. The first-order valence-electron chi connectivity index (χ1n) is 5.64. The van der Waals surface area contributed by atoms with E-state index in [1.54, 1.807) is 4.57 Å². The van der Waals surface area contributed by atoms with Gasteiger partial charge in [0.1, 0.15) is 12.4 Å². The molecule has 0 unspecified atom stereocenters. The van der Waals surface area contributed by atoms with Gasteiger partial charge < -0.3 is 9.67 Å². The number of aryl methyl sites for hydroxylation is 1. The molecule has 6 heteroatoms. The Bertz CT molecular complexity index is 560. The van der Waals surface area contributed by atoms with Crippen LogP contribution in [-0.2, 0) is 19.3 Å². The van der Waals surface area contributed by atoms with E-state index in [2.05, 4.69) is 4.98 Å². The summed E-state index contributed by atoms with van der Waals surface area (Å²) in [5.74, 6) is 0.395. The molecule has 0 bridgehead atoms. The van der Waals surface area contributed by atoms with E-state index in [0.29, 0.717) is 17.9 Å². The number of aliphatic hydroxyl groups excluding tert-OH is 1. The molecule has 18 heavy (non-hydrogen) atoms. The second-order valence-electron chi connectivity index (χ2n) is 4.04. The first-order chi connectivity index (χ1) is 8.47. The third kappa shape index (κ3) is 2.20. The number of rotatable bonds is 3. The molecular formula is C12H13F3N2O. The summed E-state index contributed by atoms with van der Waals surface area (Å²) in [5.41, 5.74) is 0.164. The maximum absolute atomic E-state index is 12.6. The van der Waals surface area contributed by atoms with E-state index in [9.17, 15) is 13.2 Å². The van der Waals surface area contributed by atoms with E-state index in [4.69, 9.17) is 5.11 Å². The molecule has 0 aliphatic carbocycles. The number of benzene rings is 1. The number of hydrogen-bond acceptors (Lipinski definition) is 2. The van der Waals surface area contributed by atoms with Gasteiger partial charge in [0, 0.05) is 6.54 Å². The highest BCUT2D eigenvalue weighted by atomic mass is 19.4. The highest BCUT2D eigenvalue weighted by Crippen LogP contribution is 2.31. The van der Waals surface area contributed by atoms with Crippen molar-refractivity contribution in [3.63, 3.8) is 0 Å². The van der Waals surface area contributed by atoms with E-state index >= 15 is 0 Å². The molecule has 1 heterocycles. The molecule has 0 atom stereocenters. The van der Waals surface area contributed by atoms with E-state index in [0.717, 1.165) is 18.6 Å². The Morgan fingerprint density at radius 3 is 2.61 bits per heavy atom. The standard InChI is InChI=1S/C12H13F3N2O/c1-2-5-17-10-4-3-8(12(13,14)15)6-9(10)16-11(17)7-18/h3-4,6,18H,2,5,7H2,1H3. The first kappa shape index (κ1) is 12.9. The fraction of sp³-hybridized carbons (Fsp3) is 0.417. The average molecular weight is 258 g/mol. The van der Waals surface area contributed by atoms with Crippen LogP contribution in [0.5, 0.6) is 0 Å². The van der Waals surface area contributed by atoms with Gasteiger partial charge in [-0.15, -0.1) is 0 Å². The van der Waals surface area contributed by atoms with Crippen molar-refractivity contribution < 1.29 is 18.3 Å². The lowest BCUT2D eigenvalue weighted by molar-refractivity contribution is -0.137. The van der Waals surface area contributed by atoms with Crippen molar-refractivity contribution in [1.29, 1.82) is 0 Å². The molecule has 1 aromatic heterocycles. The fourth-order valence-corrected chi connectivity index (χ4v) is 1.95. The molecule has 0 spiro atoms. The predicted molar refractivity (Wildman–Crippen MR) is 60.9 cm³/mol. The topological polar surface area (TPSA) is 38.0 Å². The van der Waals surface area contributed by atoms with Crippen molar-refractivity contribution in [2.45, 2.75) is 32.7 Å². The van der Waals surface area contributed by atoms with Gasteiger partial charge in [0.2, 0.25) is 0 Å². The van der Waals surface area contributed by atoms with Crippen molar-refractivity contribution in [1.82, 2.24) is 9.55 Å². The van der Waals surface area contributed by atoms with Gasteiger partial charge in [-0.05, 0) is 24.6 Å². The van der Waals surface area contributed by atoms with Crippen LogP contribution in [0.3, 0.4) is 0 Å². The number of halogens is 3. The SMILES string of the molecule is CCCn1c(CO)nc2cc(C(F)(F)F)ccc21. The maximum Gasteiger partial charge on any atom is 0.416 e. The fourth-order valence-electron chi connectivity index (χ4n) is 1.95. The lowest BCUT2D eigenvalue weighted by Crippen LogP contribution is -2.05. The molecule has 1 N–H and O–H groups in total. The van der Waals surface area contributed by atoms with Crippen LogP contribution in [0, 0.1) is 0 Å². The number of imidazole rings is 1. The van der Waals surface area contributed by atoms with Crippen LogP contribution in [0.15, 0.2) is 18.2 Å². The maximum atomic E-state index is 12.6. The molecule has 1 aromatic carbocycles. The summed E-state index contributed by atoms with van der Waals surface area (Å²) in [7, 11) is 0. The molecule has 0 radical (unpaired) electrons. The van der Waals surface area contributed by atoms with E-state index in [1.807, 2.05) is 6.92 Å². The monoisotopic (exact) mass is 258 g/mol. The Morgan fingerprint density at radius 2 is 2.06 bits per heavy atom. The zero-order valence-corrected chi connectivity index (χ0v) is 9.83. The highest BCUT2D eigenvalue weighted by Gasteiger charge is 2.31. The predicted octanol–water partition coefficient (Wildman–Crippen LogP) is 2.96. The summed E-state index contributed by atoms with van der Waals surface area (Å²) in [6.07, 6.45) is -3.55. The van der Waals surface area contributed by atoms with Crippen LogP contribution in [0.1, 0.15) is 24.7 Å². The van der Waals surface area contributed by atoms with Crippen molar-refractivity contribution >= 4 is 11.0 Å². The largest absolute Gasteiger partial charge is 0.416 e. The quantitative estimate of drug-likeness (QED) is 0.919. The number of hydrogen-bond donors (Lipinski definition) is 1. The number of aromatic nitrogens is 2. The van der Waals surface area contributed by atoms with Gasteiger partial charge in [-0.3, -0.25) is 0 Å². The minimum absolute atomic E-state index is 0.266. The summed E-state index contributed by atoms with van der Waals surface area (Å²) in [6.45, 7) is 2.30. The van der Waals surface area contributed by atoms with Crippen LogP contribution in [0.4, 0.5) is 13.2 Å². The number of nitrogens with zero attached hydrogens (tertiary/aromatic N) is 2. The minimum Gasteiger partial charge on any atom is -0.388 e. The average Bonchev–Trinajstić information content (AvgIpc) is 2.66. The lowest BCUT2D eigenvalue weighted by Gasteiger charge is -2.07. The molecule has 0 amide bonds. The van der Waals surface area contributed by atoms with Crippen molar-refractivity contribution in [3.05, 3.63) is 29.6 Å². The Kier molecular flexibility index (Phi) is 3.30. The lowest BCUT2D eigenvalue weighted by atomic mass is 10.2. The van der Waals surface area contributed by atoms with Gasteiger partial charge in [-0.1, -0.05) is 6.92 Å². The Morgan fingerprint density at radius 1 is 1.33 bits per heavy atom. The van der Waals surface area contributed by atoms with Crippen LogP contribution in [0.25, 0.3) is 11.0 Å². The van der Waals surface area contributed by atoms with Gasteiger partial charge in [0.05, 0.1) is 16.6 Å². The normalized spacial score (nSPS) is 12.3. The molecule has 98 valence electrons. The molecule has 0 aliphatic heterocycles. The second-order valence-corrected chi connectivity index (χ2v) is 4.04. The number of aliphatic hydroxyl groups is 1. The van der Waals surface area contributed by atoms with Gasteiger partial charge in [-0.2, -0.15) is 13.2 Å². The number of fused-ring (bicyclic) bond motifs is 1. The van der Waals surface area contributed by atoms with Gasteiger partial charge in [-0.25, -0.2) is 4.98 Å². The van der Waals surface area contributed by atoms with Crippen molar-refractivity contribution in [3.8, 4) is 0 Å². The Balaban J connectivity index is 2.59. The Hall–Kier alpha value is -1.56. The molecule has 0 saturated carbocycles. The number of alkyl halides is 3. The van der Waals surface area contributed by atoms with E-state index in [-0.39, 0.29) is 12.1 Å². The van der Waals surface area contributed by atoms with Crippen LogP contribution >= 0.6 is 0 Å². The van der Waals surface area contributed by atoms with Crippen molar-refractivity contribution in [2.24, 2.45) is 0 Å². The molecule has 0 aliphatic rings. The minimum atomic E-state index is -4.37. The molecule has 2 rings (SSSR count). The van der Waals surface area contributed by atoms with Crippen LogP contribution in [0.2, 0.25) is 0 Å². The second kappa shape index (κ2) is 4.61. The summed E-state index contributed by atoms with van der Waals surface area (Å²) in [5, 5.41) is 9.17. The summed E-state index contributed by atoms with van der Waals surface area (Å²) >= 11 is 0. The summed E-state index contributed by atoms with van der Waals surface area (Å²) in [4.78, 5) is 4.04. The van der Waals surface area contributed by atoms with E-state index < -0.39 is 11.7 Å². The third-order valence-electron chi connectivity index (χ3n) is 2.74. The zero-order chi connectivity index (χ0) is 13.3. The van der Waals surface area contributed by atoms with Crippen molar-refractivity contribution in [2.75, 3.05) is 0 Å². The molecule has 0 saturated heterocycles. The Labute approximate surface area is 102 Å². The van der Waals surface area contributed by atoms with Gasteiger partial charge in [0.25, 0.3) is 0 Å². The smallest absolute Gasteiger partial charge is 0.388 e. The summed E-state index contributed by atoms with van der Waals surface area (Å²) in [6, 6.07) is 3.46. The molecule has 0 fully saturated rings. The molecule has 3 nitrogen and oxygen atoms in total. The summed E-state index contributed by atoms with van der Waals surface area (Å²) < 4.78 is 39.5. The van der Waals surface area contributed by atoms with Crippen LogP contribution in [-0.4, -0.2) is 14.7 Å². The van der Waals surface area contributed by atoms with Gasteiger partial charge in [0.15, 0.2) is 0 Å². The van der Waals surface area contributed by atoms with E-state index in [1.165, 1.54) is 6.07 Å². The van der Waals surface area contributed by atoms with Crippen LogP contribution < -0.4 is 0 Å².